The summed E-state index contributed by atoms with van der Waals surface area (Å²) in [4.78, 5) is 12.2. The Balaban J connectivity index is 2.39. The maximum absolute atomic E-state index is 12.2. The first-order valence-corrected chi connectivity index (χ1v) is 6.95. The van der Waals surface area contributed by atoms with Crippen LogP contribution in [0.2, 0.25) is 0 Å². The van der Waals surface area contributed by atoms with E-state index in [1.165, 1.54) is 14.0 Å². The fourth-order valence-electron chi connectivity index (χ4n) is 2.24. The zero-order chi connectivity index (χ0) is 17.1. The minimum atomic E-state index is -2.09. The second kappa shape index (κ2) is 6.25. The predicted octanol–water partition coefficient (Wildman–Crippen LogP) is 1.85. The van der Waals surface area contributed by atoms with Gasteiger partial charge < -0.3 is 18.9 Å². The highest BCUT2D eigenvalue weighted by atomic mass is 16.8. The molecular formula is C16H16N2O5. The van der Waals surface area contributed by atoms with Crippen LogP contribution in [0.25, 0.3) is 0 Å². The first-order valence-electron chi connectivity index (χ1n) is 6.95. The molecule has 0 bridgehead atoms. The average molecular weight is 316 g/mol. The molecule has 0 amide bonds. The normalized spacial score (nSPS) is 25.2. The second-order valence-electron chi connectivity index (χ2n) is 5.00. The minimum Gasteiger partial charge on any atom is -0.497 e. The monoisotopic (exact) mass is 316 g/mol. The summed E-state index contributed by atoms with van der Waals surface area (Å²) >= 11 is 0. The van der Waals surface area contributed by atoms with Gasteiger partial charge in [-0.2, -0.15) is 10.5 Å². The SMILES string of the molecule is CCOC(=O)[C@]1(C)O[C@H](c2ccc(OC)cc2)OC1(C#N)C#N. The zero-order valence-electron chi connectivity index (χ0n) is 13.0. The van der Waals surface area contributed by atoms with Crippen molar-refractivity contribution in [3.8, 4) is 17.9 Å². The van der Waals surface area contributed by atoms with Gasteiger partial charge in [0.2, 0.25) is 5.60 Å². The largest absolute Gasteiger partial charge is 0.497 e. The van der Waals surface area contributed by atoms with E-state index in [1.54, 1.807) is 43.3 Å². The van der Waals surface area contributed by atoms with Gasteiger partial charge in [-0.15, -0.1) is 0 Å². The number of carbonyl (C=O) groups excluding carboxylic acids is 1. The van der Waals surface area contributed by atoms with Crippen molar-refractivity contribution in [3.05, 3.63) is 29.8 Å². The summed E-state index contributed by atoms with van der Waals surface area (Å²) < 4.78 is 21.2. The molecule has 7 heteroatoms. The summed E-state index contributed by atoms with van der Waals surface area (Å²) in [6, 6.07) is 10.2. The number of ether oxygens (including phenoxy) is 4. The van der Waals surface area contributed by atoms with Crippen LogP contribution >= 0.6 is 0 Å². The lowest BCUT2D eigenvalue weighted by Gasteiger charge is -2.26. The van der Waals surface area contributed by atoms with Crippen LogP contribution in [0.4, 0.5) is 0 Å². The Morgan fingerprint density at radius 2 is 1.87 bits per heavy atom. The van der Waals surface area contributed by atoms with E-state index in [2.05, 4.69) is 0 Å². The maximum Gasteiger partial charge on any atom is 0.343 e. The molecule has 23 heavy (non-hydrogen) atoms. The van der Waals surface area contributed by atoms with Crippen LogP contribution in [-0.4, -0.2) is 30.9 Å². The Labute approximate surface area is 133 Å². The molecule has 0 unspecified atom stereocenters. The summed E-state index contributed by atoms with van der Waals surface area (Å²) in [5, 5.41) is 18.8. The molecule has 1 aliphatic rings. The number of nitriles is 2. The molecule has 1 fully saturated rings. The van der Waals surface area contributed by atoms with E-state index in [-0.39, 0.29) is 6.61 Å². The standard InChI is InChI=1S/C16H16N2O5/c1-4-21-14(19)15(2)16(9-17,10-18)23-13(22-15)11-5-7-12(20-3)8-6-11/h5-8,13H,4H2,1-3H3/t13-,15-/m0/s1. The molecule has 0 saturated carbocycles. The molecule has 1 aliphatic heterocycles. The fourth-order valence-corrected chi connectivity index (χ4v) is 2.24. The number of methoxy groups -OCH3 is 1. The van der Waals surface area contributed by atoms with Gasteiger partial charge in [0.1, 0.15) is 17.9 Å². The van der Waals surface area contributed by atoms with Gasteiger partial charge >= 0.3 is 5.97 Å². The lowest BCUT2D eigenvalue weighted by molar-refractivity contribution is -0.171. The average Bonchev–Trinajstić information content (AvgIpc) is 2.89. The maximum atomic E-state index is 12.2. The number of esters is 1. The van der Waals surface area contributed by atoms with E-state index >= 15 is 0 Å². The number of hydrogen-bond acceptors (Lipinski definition) is 7. The van der Waals surface area contributed by atoms with Gasteiger partial charge in [-0.1, -0.05) is 12.1 Å². The van der Waals surface area contributed by atoms with Crippen molar-refractivity contribution in [3.63, 3.8) is 0 Å². The zero-order valence-corrected chi connectivity index (χ0v) is 13.0. The van der Waals surface area contributed by atoms with Crippen molar-refractivity contribution in [2.75, 3.05) is 13.7 Å². The van der Waals surface area contributed by atoms with E-state index < -0.39 is 23.5 Å². The Morgan fingerprint density at radius 3 is 2.35 bits per heavy atom. The highest BCUT2D eigenvalue weighted by Gasteiger charge is 2.66. The van der Waals surface area contributed by atoms with Gasteiger partial charge in [0.25, 0.3) is 5.60 Å². The van der Waals surface area contributed by atoms with E-state index in [0.717, 1.165) is 0 Å². The van der Waals surface area contributed by atoms with Gasteiger partial charge in [0.05, 0.1) is 13.7 Å². The summed E-state index contributed by atoms with van der Waals surface area (Å²) in [7, 11) is 1.53. The Hall–Kier alpha value is -2.61. The van der Waals surface area contributed by atoms with Crippen molar-refractivity contribution in [1.29, 1.82) is 10.5 Å². The summed E-state index contributed by atoms with van der Waals surface area (Å²) in [5.41, 5.74) is -3.39. The first-order chi connectivity index (χ1) is 11.0. The minimum absolute atomic E-state index is 0.0952. The van der Waals surface area contributed by atoms with Crippen LogP contribution in [0.5, 0.6) is 5.75 Å². The number of rotatable bonds is 4. The topological polar surface area (TPSA) is 102 Å². The Kier molecular flexibility index (Phi) is 4.55. The molecular weight excluding hydrogens is 300 g/mol. The van der Waals surface area contributed by atoms with Gasteiger partial charge in [0, 0.05) is 5.56 Å². The van der Waals surface area contributed by atoms with Crippen LogP contribution in [-0.2, 0) is 19.0 Å². The van der Waals surface area contributed by atoms with Crippen LogP contribution in [0, 0.1) is 22.7 Å². The van der Waals surface area contributed by atoms with Gasteiger partial charge in [-0.25, -0.2) is 4.79 Å². The third kappa shape index (κ3) is 2.61. The molecule has 0 aromatic heterocycles. The molecule has 120 valence electrons. The second-order valence-corrected chi connectivity index (χ2v) is 5.00. The molecule has 7 nitrogen and oxygen atoms in total. The van der Waals surface area contributed by atoms with Gasteiger partial charge in [-0.3, -0.25) is 0 Å². The van der Waals surface area contributed by atoms with Crippen LogP contribution in [0.1, 0.15) is 25.7 Å². The molecule has 1 heterocycles. The van der Waals surface area contributed by atoms with E-state index in [4.69, 9.17) is 18.9 Å². The van der Waals surface area contributed by atoms with Crippen molar-refractivity contribution in [2.45, 2.75) is 31.3 Å². The highest BCUT2D eigenvalue weighted by molar-refractivity contribution is 5.83. The smallest absolute Gasteiger partial charge is 0.343 e. The molecule has 2 atom stereocenters. The fraction of sp³-hybridized carbons (Fsp3) is 0.438. The molecule has 1 aromatic carbocycles. The van der Waals surface area contributed by atoms with Crippen molar-refractivity contribution < 1.29 is 23.7 Å². The molecule has 2 rings (SSSR count). The number of nitrogens with zero attached hydrogens (tertiary/aromatic N) is 2. The van der Waals surface area contributed by atoms with Crippen molar-refractivity contribution in [1.82, 2.24) is 0 Å². The summed E-state index contributed by atoms with van der Waals surface area (Å²) in [6.45, 7) is 3.04. The number of benzene rings is 1. The molecule has 0 N–H and O–H groups in total. The van der Waals surface area contributed by atoms with Crippen molar-refractivity contribution in [2.24, 2.45) is 0 Å². The van der Waals surface area contributed by atoms with Crippen LogP contribution in [0.15, 0.2) is 24.3 Å². The molecule has 1 saturated heterocycles. The Morgan fingerprint density at radius 1 is 1.26 bits per heavy atom. The molecule has 0 spiro atoms. The lowest BCUT2D eigenvalue weighted by Crippen LogP contribution is -2.54. The van der Waals surface area contributed by atoms with Crippen molar-refractivity contribution >= 4 is 5.97 Å². The molecule has 0 radical (unpaired) electrons. The third-order valence-corrected chi connectivity index (χ3v) is 3.67. The van der Waals surface area contributed by atoms with E-state index in [0.29, 0.717) is 11.3 Å². The van der Waals surface area contributed by atoms with Gasteiger partial charge in [-0.05, 0) is 26.0 Å². The highest BCUT2D eigenvalue weighted by Crippen LogP contribution is 2.45. The number of hydrogen-bond donors (Lipinski definition) is 0. The predicted molar refractivity (Wildman–Crippen MR) is 76.9 cm³/mol. The van der Waals surface area contributed by atoms with Crippen LogP contribution in [0.3, 0.4) is 0 Å². The molecule has 1 aromatic rings. The summed E-state index contributed by atoms with van der Waals surface area (Å²) in [5.74, 6) is -0.189. The Bertz CT molecular complexity index is 659. The summed E-state index contributed by atoms with van der Waals surface area (Å²) in [6.07, 6.45) is -1.05. The van der Waals surface area contributed by atoms with Gasteiger partial charge in [0.15, 0.2) is 6.29 Å². The lowest BCUT2D eigenvalue weighted by atomic mass is 9.87. The number of carbonyl (C=O) groups is 1. The van der Waals surface area contributed by atoms with E-state index in [9.17, 15) is 15.3 Å². The molecule has 0 aliphatic carbocycles. The quantitative estimate of drug-likeness (QED) is 0.781. The third-order valence-electron chi connectivity index (χ3n) is 3.67. The first kappa shape index (κ1) is 16.8. The van der Waals surface area contributed by atoms with E-state index in [1.807, 2.05) is 0 Å². The van der Waals surface area contributed by atoms with Crippen LogP contribution < -0.4 is 4.74 Å².